The summed E-state index contributed by atoms with van der Waals surface area (Å²) in [6, 6.07) is 21.8. The number of sulfone groups is 1. The van der Waals surface area contributed by atoms with Crippen molar-refractivity contribution < 1.29 is 72.1 Å². The lowest BCUT2D eigenvalue weighted by atomic mass is 9.93. The van der Waals surface area contributed by atoms with Crippen LogP contribution in [0.5, 0.6) is 0 Å². The summed E-state index contributed by atoms with van der Waals surface area (Å²) in [5.41, 5.74) is 34.6. The number of nitrogens with zero attached hydrogens (tertiary/aromatic N) is 6. The summed E-state index contributed by atoms with van der Waals surface area (Å²) in [4.78, 5) is 36.3. The second kappa shape index (κ2) is 32.0. The van der Waals surface area contributed by atoms with E-state index < -0.39 is 98.9 Å². The number of carbonyl (C=O) groups is 2. The highest BCUT2D eigenvalue weighted by atomic mass is 32.2. The Bertz CT molecular complexity index is 4170. The number of nitrogens with two attached hydrogens (primary N) is 4. The van der Waals surface area contributed by atoms with Crippen LogP contribution in [0.25, 0.3) is 0 Å². The van der Waals surface area contributed by atoms with Crippen LogP contribution >= 0.6 is 0 Å². The van der Waals surface area contributed by atoms with Gasteiger partial charge in [0.1, 0.15) is 71.0 Å². The predicted octanol–water partition coefficient (Wildman–Crippen LogP) is 6.92. The number of carbonyl (C=O) groups excluding carboxylic acids is 2. The SMILES string of the molecule is N[C@H]1C[C@@H](N2CC3=C(CN(C(=O)Nc4ccccc4)C3)C2)CO[C@@H]1c1cc(F)ccc1F.N[C@H]1C[C@@H](N2CC3=C(CN(C=O)C3)C2)CO[C@@H]1c1cc(F)ccc1F.N[C@H]1C[C@@H](N2CC3=C(CNC3)C2)CO[C@@H]1c1cc(F)ccc1F.N[C@H]1C[C@@H](N2CC3CS(=O)(=O)CC3C2)CO[C@@H]1c1cc(F)ccc1F. The van der Waals surface area contributed by atoms with Crippen molar-refractivity contribution in [1.29, 1.82) is 0 Å². The number of para-hydroxylation sites is 1. The van der Waals surface area contributed by atoms with Crippen molar-refractivity contribution in [3.05, 3.63) is 205 Å². The Kier molecular flexibility index (Phi) is 22.8. The van der Waals surface area contributed by atoms with Crippen LogP contribution in [-0.4, -0.2) is 228 Å². The average Bonchev–Trinajstić information content (AvgIpc) is 1.70. The van der Waals surface area contributed by atoms with Crippen LogP contribution in [-0.2, 0) is 33.6 Å². The maximum absolute atomic E-state index is 14.2. The highest BCUT2D eigenvalue weighted by Crippen LogP contribution is 2.41. The van der Waals surface area contributed by atoms with Gasteiger partial charge >= 0.3 is 6.03 Å². The summed E-state index contributed by atoms with van der Waals surface area (Å²) < 4.78 is 157. The molecule has 0 bridgehead atoms. The third-order valence-electron chi connectivity index (χ3n) is 22.8. The standard InChI is InChI=1S/C24H26F2N4O2.C18H21F2N3O2.C17H21F2N3O.C17H22F2N2O3S/c25-17-6-7-21(26)20(8-17)23-22(27)9-19(14-32-23)29-10-15-12-30(13-16(15)11-29)24(31)28-18-4-2-1-3-5-18;19-13-1-2-16(20)15(3-13)18-17(21)4-14(9-25-18)23-7-11-5-22(10-24)6-12(11)8-23;18-12-1-2-15(19)14(3-12)17-16(20)4-13(9-23-17)22-7-10-5-21-6-11(10)8-22;18-12-1-2-15(19)14(3-12)17-16(20)4-13(7-24-17)21-5-10-8-25(22,23)9-11(10)6-21/h1-8,19,22-23H,9-14,27H2,(H,28,31);1-3,10,14,17-18H,4-9,21H2;1-3,13,16-17,21H,4-9,20H2;1-3,10-11,13,16-17H,4-9,20H2/t19-,22+,23-;14-,17+,18-;13-,16+,17-;10?,11?,13-,16+,17-/m1111/s1. The lowest BCUT2D eigenvalue weighted by Gasteiger charge is -2.39. The highest BCUT2D eigenvalue weighted by molar-refractivity contribution is 7.91. The molecule has 5 aromatic carbocycles. The summed E-state index contributed by atoms with van der Waals surface area (Å²) in [5.74, 6) is -3.00. The van der Waals surface area contributed by atoms with E-state index in [9.17, 15) is 53.1 Å². The Morgan fingerprint density at radius 3 is 1.10 bits per heavy atom. The van der Waals surface area contributed by atoms with Crippen LogP contribution in [0.2, 0.25) is 0 Å². The quantitative estimate of drug-likeness (QED) is 0.0471. The fraction of sp³-hybridized carbons (Fsp3) is 0.500. The molecule has 14 atom stereocenters. The number of urea groups is 1. The molecule has 2 unspecified atom stereocenters. The molecule has 17 rings (SSSR count). The van der Waals surface area contributed by atoms with Crippen LogP contribution in [0.4, 0.5) is 45.6 Å². The van der Waals surface area contributed by atoms with Gasteiger partial charge in [0.15, 0.2) is 9.84 Å². The molecule has 12 aliphatic heterocycles. The van der Waals surface area contributed by atoms with Crippen LogP contribution < -0.4 is 33.6 Å². The number of hydrogen-bond acceptors (Lipinski definition) is 17. The van der Waals surface area contributed by atoms with Crippen molar-refractivity contribution in [2.24, 2.45) is 34.8 Å². The first kappa shape index (κ1) is 74.8. The van der Waals surface area contributed by atoms with Crippen LogP contribution in [0.15, 0.2) is 137 Å². The molecule has 6 fully saturated rings. The average molecular weight is 1480 g/mol. The van der Waals surface area contributed by atoms with Gasteiger partial charge in [-0.2, -0.15) is 0 Å². The molecule has 29 heteroatoms. The minimum absolute atomic E-state index is 0.0937. The van der Waals surface area contributed by atoms with E-state index in [0.29, 0.717) is 71.9 Å². The van der Waals surface area contributed by atoms with E-state index >= 15 is 0 Å². The molecule has 564 valence electrons. The van der Waals surface area contributed by atoms with Crippen molar-refractivity contribution in [1.82, 2.24) is 34.7 Å². The van der Waals surface area contributed by atoms with E-state index in [1.807, 2.05) is 35.2 Å². The van der Waals surface area contributed by atoms with Crippen LogP contribution in [0.3, 0.4) is 0 Å². The fourth-order valence-electron chi connectivity index (χ4n) is 17.4. The minimum atomic E-state index is -2.88. The maximum atomic E-state index is 14.2. The lowest BCUT2D eigenvalue weighted by Crippen LogP contribution is -2.49. The first-order chi connectivity index (χ1) is 50.5. The smallest absolute Gasteiger partial charge is 0.322 e. The zero-order valence-electron chi connectivity index (χ0n) is 58.1. The van der Waals surface area contributed by atoms with Gasteiger partial charge < -0.3 is 62.3 Å². The van der Waals surface area contributed by atoms with Gasteiger partial charge in [-0.05, 0) is 156 Å². The van der Waals surface area contributed by atoms with E-state index in [0.717, 1.165) is 139 Å². The van der Waals surface area contributed by atoms with E-state index in [2.05, 4.69) is 30.2 Å². The van der Waals surface area contributed by atoms with Crippen molar-refractivity contribution in [2.45, 2.75) is 98.4 Å². The number of likely N-dealkylation sites (tertiary alicyclic amines) is 1. The second-order valence-corrected chi connectivity index (χ2v) is 32.2. The summed E-state index contributed by atoms with van der Waals surface area (Å²) >= 11 is 0. The molecular formula is C76H90F8N12O8S. The van der Waals surface area contributed by atoms with Gasteiger partial charge in [0.05, 0.1) is 37.9 Å². The molecule has 0 saturated carbocycles. The number of hydrogen-bond donors (Lipinski definition) is 6. The third-order valence-corrected chi connectivity index (χ3v) is 24.7. The summed E-state index contributed by atoms with van der Waals surface area (Å²) in [5, 5.41) is 6.30. The number of anilines is 1. The van der Waals surface area contributed by atoms with Gasteiger partial charge in [0, 0.05) is 168 Å². The van der Waals surface area contributed by atoms with Gasteiger partial charge in [-0.3, -0.25) is 24.4 Å². The predicted molar refractivity (Wildman–Crippen MR) is 376 cm³/mol. The highest BCUT2D eigenvalue weighted by Gasteiger charge is 2.48. The van der Waals surface area contributed by atoms with Gasteiger partial charge in [-0.15, -0.1) is 0 Å². The summed E-state index contributed by atoms with van der Waals surface area (Å²) in [6.07, 6.45) is 1.03. The Morgan fingerprint density at radius 1 is 0.438 bits per heavy atom. The molecule has 0 spiro atoms. The third kappa shape index (κ3) is 17.0. The van der Waals surface area contributed by atoms with Gasteiger partial charge in [0.2, 0.25) is 6.41 Å². The first-order valence-corrected chi connectivity index (χ1v) is 37.8. The molecule has 3 amide bonds. The topological polar surface area (TPSA) is 253 Å². The molecule has 0 radical (unpaired) electrons. The zero-order chi connectivity index (χ0) is 73.5. The number of halogens is 8. The van der Waals surface area contributed by atoms with E-state index in [1.165, 1.54) is 51.6 Å². The number of fused-ring (bicyclic) bond motifs is 1. The normalized spacial score (nSPS) is 31.0. The van der Waals surface area contributed by atoms with E-state index in [1.54, 1.807) is 4.90 Å². The van der Waals surface area contributed by atoms with E-state index in [4.69, 9.17) is 41.9 Å². The molecule has 0 aliphatic carbocycles. The Hall–Kier alpha value is -7.07. The number of amides is 3. The molecule has 0 aromatic heterocycles. The fourth-order valence-corrected chi connectivity index (χ4v) is 19.6. The Balaban J connectivity index is 0.000000119. The number of rotatable bonds is 10. The molecule has 20 nitrogen and oxygen atoms in total. The monoisotopic (exact) mass is 1480 g/mol. The van der Waals surface area contributed by atoms with Gasteiger partial charge in [-0.1, -0.05) is 18.2 Å². The minimum Gasteiger partial charge on any atom is -0.370 e. The van der Waals surface area contributed by atoms with Gasteiger partial charge in [0.25, 0.3) is 0 Å². The molecule has 12 aliphatic rings. The number of nitrogens with one attached hydrogen (secondary N) is 2. The molecule has 5 aromatic rings. The van der Waals surface area contributed by atoms with Gasteiger partial charge in [-0.25, -0.2) is 48.3 Å². The number of benzene rings is 5. The largest absolute Gasteiger partial charge is 0.370 e. The summed E-state index contributed by atoms with van der Waals surface area (Å²) in [7, 11) is -2.88. The van der Waals surface area contributed by atoms with Crippen LogP contribution in [0.1, 0.15) is 72.4 Å². The van der Waals surface area contributed by atoms with Crippen molar-refractivity contribution >= 4 is 28.0 Å². The molecule has 12 heterocycles. The molecular weight excluding hydrogens is 1390 g/mol. The Labute approximate surface area is 605 Å². The molecule has 105 heavy (non-hydrogen) atoms. The van der Waals surface area contributed by atoms with Crippen molar-refractivity contribution in [3.8, 4) is 0 Å². The molecule has 10 N–H and O–H groups in total. The second-order valence-electron chi connectivity index (χ2n) is 30.0. The summed E-state index contributed by atoms with van der Waals surface area (Å²) in [6.45, 7) is 12.9. The van der Waals surface area contributed by atoms with Crippen molar-refractivity contribution in [2.75, 3.05) is 135 Å². The maximum Gasteiger partial charge on any atom is 0.322 e. The van der Waals surface area contributed by atoms with E-state index in [-0.39, 0.29) is 81.8 Å². The number of ether oxygens (including phenoxy) is 4. The Morgan fingerprint density at radius 2 is 0.762 bits per heavy atom. The zero-order valence-corrected chi connectivity index (χ0v) is 59.0. The first-order valence-electron chi connectivity index (χ1n) is 36.0. The van der Waals surface area contributed by atoms with Crippen molar-refractivity contribution in [3.63, 3.8) is 0 Å². The lowest BCUT2D eigenvalue weighted by molar-refractivity contribution is -0.117. The molecule has 6 saturated heterocycles. The van der Waals surface area contributed by atoms with Crippen LogP contribution in [0, 0.1) is 58.4 Å².